The maximum atomic E-state index is 12.9. The van der Waals surface area contributed by atoms with Gasteiger partial charge < -0.3 is 9.47 Å². The van der Waals surface area contributed by atoms with E-state index in [9.17, 15) is 14.0 Å². The molecule has 0 saturated carbocycles. The summed E-state index contributed by atoms with van der Waals surface area (Å²) >= 11 is 0. The van der Waals surface area contributed by atoms with E-state index in [0.717, 1.165) is 63.4 Å². The number of halogens is 1. The van der Waals surface area contributed by atoms with Crippen LogP contribution >= 0.6 is 0 Å². The van der Waals surface area contributed by atoms with Gasteiger partial charge in [0.2, 0.25) is 0 Å². The first kappa shape index (κ1) is 24.1. The summed E-state index contributed by atoms with van der Waals surface area (Å²) in [5.74, 6) is -0.608. The fraction of sp³-hybridized carbons (Fsp3) is 0.652. The molecule has 0 fully saturated rings. The van der Waals surface area contributed by atoms with Crippen LogP contribution in [0, 0.1) is 5.82 Å². The third-order valence-electron chi connectivity index (χ3n) is 4.67. The molecule has 1 unspecified atom stereocenters. The molecule has 1 atom stereocenters. The normalized spacial score (nSPS) is 11.8. The van der Waals surface area contributed by atoms with Crippen LogP contribution in [0.15, 0.2) is 24.3 Å². The zero-order valence-corrected chi connectivity index (χ0v) is 17.4. The van der Waals surface area contributed by atoms with Crippen molar-refractivity contribution in [3.05, 3.63) is 35.6 Å². The molecule has 0 N–H and O–H groups in total. The highest BCUT2D eigenvalue weighted by Gasteiger charge is 2.11. The van der Waals surface area contributed by atoms with Crippen LogP contribution in [0.25, 0.3) is 0 Å². The van der Waals surface area contributed by atoms with E-state index in [1.807, 2.05) is 0 Å². The quantitative estimate of drug-likeness (QED) is 0.259. The van der Waals surface area contributed by atoms with Crippen molar-refractivity contribution < 1.29 is 23.5 Å². The molecular formula is C23H35FO4. The van der Waals surface area contributed by atoms with Gasteiger partial charge in [0.15, 0.2) is 0 Å². The SMILES string of the molecule is CCCCCOC(=O)CCCCCCCCC(=O)OC(C)c1ccc(F)cc1. The summed E-state index contributed by atoms with van der Waals surface area (Å²) < 4.78 is 23.5. The van der Waals surface area contributed by atoms with Crippen LogP contribution in [-0.2, 0) is 19.1 Å². The van der Waals surface area contributed by atoms with Crippen molar-refractivity contribution in [1.82, 2.24) is 0 Å². The summed E-state index contributed by atoms with van der Waals surface area (Å²) in [5, 5.41) is 0. The van der Waals surface area contributed by atoms with Crippen LogP contribution in [0.5, 0.6) is 0 Å². The number of rotatable bonds is 15. The summed E-state index contributed by atoms with van der Waals surface area (Å²) in [6, 6.07) is 6.00. The van der Waals surface area contributed by atoms with Gasteiger partial charge in [0, 0.05) is 12.8 Å². The Bertz CT molecular complexity index is 556. The molecular weight excluding hydrogens is 359 g/mol. The van der Waals surface area contributed by atoms with E-state index in [4.69, 9.17) is 9.47 Å². The van der Waals surface area contributed by atoms with Gasteiger partial charge in [0.05, 0.1) is 6.61 Å². The summed E-state index contributed by atoms with van der Waals surface area (Å²) in [7, 11) is 0. The molecule has 0 aliphatic rings. The average Bonchev–Trinajstić information content (AvgIpc) is 2.67. The highest BCUT2D eigenvalue weighted by molar-refractivity contribution is 5.69. The number of esters is 2. The lowest BCUT2D eigenvalue weighted by molar-refractivity contribution is -0.148. The van der Waals surface area contributed by atoms with Crippen molar-refractivity contribution in [1.29, 1.82) is 0 Å². The van der Waals surface area contributed by atoms with Gasteiger partial charge in [-0.2, -0.15) is 0 Å². The Balaban J connectivity index is 1.97. The maximum absolute atomic E-state index is 12.9. The lowest BCUT2D eigenvalue weighted by atomic mass is 10.1. The molecule has 28 heavy (non-hydrogen) atoms. The van der Waals surface area contributed by atoms with E-state index in [-0.39, 0.29) is 23.9 Å². The largest absolute Gasteiger partial charge is 0.466 e. The van der Waals surface area contributed by atoms with Gasteiger partial charge in [-0.15, -0.1) is 0 Å². The number of carbonyl (C=O) groups excluding carboxylic acids is 2. The molecule has 0 bridgehead atoms. The second-order valence-corrected chi connectivity index (χ2v) is 7.23. The minimum absolute atomic E-state index is 0.0888. The van der Waals surface area contributed by atoms with Crippen LogP contribution in [0.4, 0.5) is 4.39 Å². The fourth-order valence-corrected chi connectivity index (χ4v) is 2.91. The zero-order chi connectivity index (χ0) is 20.6. The molecule has 0 aliphatic carbocycles. The summed E-state index contributed by atoms with van der Waals surface area (Å²) in [6.45, 7) is 4.46. The number of unbranched alkanes of at least 4 members (excludes halogenated alkanes) is 7. The Labute approximate surface area is 168 Å². The second-order valence-electron chi connectivity index (χ2n) is 7.23. The molecule has 1 rings (SSSR count). The van der Waals surface area contributed by atoms with Crippen LogP contribution in [0.1, 0.15) is 96.1 Å². The van der Waals surface area contributed by atoms with Gasteiger partial charge in [0.1, 0.15) is 11.9 Å². The van der Waals surface area contributed by atoms with Crippen molar-refractivity contribution in [2.75, 3.05) is 6.61 Å². The second kappa shape index (κ2) is 15.1. The van der Waals surface area contributed by atoms with Crippen molar-refractivity contribution >= 4 is 11.9 Å². The maximum Gasteiger partial charge on any atom is 0.306 e. The van der Waals surface area contributed by atoms with E-state index in [1.165, 1.54) is 12.1 Å². The van der Waals surface area contributed by atoms with E-state index in [1.54, 1.807) is 19.1 Å². The van der Waals surface area contributed by atoms with E-state index >= 15 is 0 Å². The topological polar surface area (TPSA) is 52.6 Å². The predicted molar refractivity (Wildman–Crippen MR) is 108 cm³/mol. The third-order valence-corrected chi connectivity index (χ3v) is 4.67. The minimum atomic E-state index is -0.366. The lowest BCUT2D eigenvalue weighted by Crippen LogP contribution is -2.08. The molecule has 0 radical (unpaired) electrons. The molecule has 0 saturated heterocycles. The van der Waals surface area contributed by atoms with Crippen molar-refractivity contribution in [3.63, 3.8) is 0 Å². The highest BCUT2D eigenvalue weighted by Crippen LogP contribution is 2.18. The first-order chi connectivity index (χ1) is 13.5. The summed E-state index contributed by atoms with van der Waals surface area (Å²) in [6.07, 6.45) is 9.47. The number of benzene rings is 1. The smallest absolute Gasteiger partial charge is 0.306 e. The number of ether oxygens (including phenoxy) is 2. The molecule has 1 aromatic carbocycles. The average molecular weight is 395 g/mol. The monoisotopic (exact) mass is 394 g/mol. The molecule has 158 valence electrons. The number of carbonyl (C=O) groups is 2. The Morgan fingerprint density at radius 2 is 1.43 bits per heavy atom. The van der Waals surface area contributed by atoms with Crippen LogP contribution in [0.2, 0.25) is 0 Å². The van der Waals surface area contributed by atoms with E-state index in [2.05, 4.69) is 6.92 Å². The Hall–Kier alpha value is -1.91. The van der Waals surface area contributed by atoms with Gasteiger partial charge in [-0.3, -0.25) is 9.59 Å². The van der Waals surface area contributed by atoms with Crippen molar-refractivity contribution in [2.24, 2.45) is 0 Å². The number of hydrogen-bond acceptors (Lipinski definition) is 4. The Morgan fingerprint density at radius 1 is 0.857 bits per heavy atom. The molecule has 0 aliphatic heterocycles. The van der Waals surface area contributed by atoms with Gasteiger partial charge in [-0.25, -0.2) is 4.39 Å². The Morgan fingerprint density at radius 3 is 2.04 bits per heavy atom. The van der Waals surface area contributed by atoms with Gasteiger partial charge in [-0.05, 0) is 43.9 Å². The fourth-order valence-electron chi connectivity index (χ4n) is 2.91. The predicted octanol–water partition coefficient (Wildman–Crippen LogP) is 6.28. The molecule has 4 nitrogen and oxygen atoms in total. The van der Waals surface area contributed by atoms with Gasteiger partial charge in [-0.1, -0.05) is 57.6 Å². The zero-order valence-electron chi connectivity index (χ0n) is 17.4. The first-order valence-electron chi connectivity index (χ1n) is 10.6. The van der Waals surface area contributed by atoms with Crippen LogP contribution < -0.4 is 0 Å². The molecule has 0 heterocycles. The van der Waals surface area contributed by atoms with Gasteiger partial charge in [0.25, 0.3) is 0 Å². The summed E-state index contributed by atoms with van der Waals surface area (Å²) in [4.78, 5) is 23.4. The standard InChI is InChI=1S/C23H35FO4/c1-3-4-11-18-27-22(25)12-9-7-5-6-8-10-13-23(26)28-19(2)20-14-16-21(24)17-15-20/h14-17,19H,3-13,18H2,1-2H3. The molecule has 0 amide bonds. The van der Waals surface area contributed by atoms with Crippen LogP contribution in [0.3, 0.4) is 0 Å². The van der Waals surface area contributed by atoms with Crippen molar-refractivity contribution in [2.45, 2.75) is 90.6 Å². The minimum Gasteiger partial charge on any atom is -0.466 e. The lowest BCUT2D eigenvalue weighted by Gasteiger charge is -2.13. The van der Waals surface area contributed by atoms with E-state index in [0.29, 0.717) is 19.4 Å². The van der Waals surface area contributed by atoms with Gasteiger partial charge >= 0.3 is 11.9 Å². The van der Waals surface area contributed by atoms with E-state index < -0.39 is 0 Å². The van der Waals surface area contributed by atoms with Crippen molar-refractivity contribution in [3.8, 4) is 0 Å². The molecule has 0 spiro atoms. The first-order valence-corrected chi connectivity index (χ1v) is 10.6. The Kier molecular flexibility index (Phi) is 13.0. The highest BCUT2D eigenvalue weighted by atomic mass is 19.1. The van der Waals surface area contributed by atoms with Crippen LogP contribution in [-0.4, -0.2) is 18.5 Å². The molecule has 5 heteroatoms. The molecule has 0 aromatic heterocycles. The molecule has 1 aromatic rings. The third kappa shape index (κ3) is 11.7. The number of hydrogen-bond donors (Lipinski definition) is 0. The summed E-state index contributed by atoms with van der Waals surface area (Å²) in [5.41, 5.74) is 0.790.